The molecule has 1 aromatic carbocycles. The lowest BCUT2D eigenvalue weighted by Crippen LogP contribution is -2.21. The minimum atomic E-state index is -0.306. The Hall–Kier alpha value is -0.830. The van der Waals surface area contributed by atoms with Gasteiger partial charge in [-0.25, -0.2) is 0 Å². The van der Waals surface area contributed by atoms with Crippen molar-refractivity contribution in [1.29, 1.82) is 0 Å². The molecule has 2 unspecified atom stereocenters. The van der Waals surface area contributed by atoms with Crippen LogP contribution in [0.15, 0.2) is 24.3 Å². The van der Waals surface area contributed by atoms with Gasteiger partial charge in [-0.3, -0.25) is 4.79 Å². The number of carbonyl (C=O) groups excluding carboxylic acids is 1. The standard InChI is InChI=1S/C10H9BrO2/c1-6-7-4-2-3-5-8(7)9(11)10(12)13-6/h2-6,9H,1H3. The van der Waals surface area contributed by atoms with E-state index in [0.29, 0.717) is 0 Å². The Labute approximate surface area is 85.0 Å². The van der Waals surface area contributed by atoms with Crippen LogP contribution in [0.3, 0.4) is 0 Å². The number of hydrogen-bond donors (Lipinski definition) is 0. The highest BCUT2D eigenvalue weighted by Crippen LogP contribution is 2.37. The summed E-state index contributed by atoms with van der Waals surface area (Å²) in [4.78, 5) is 11.0. The van der Waals surface area contributed by atoms with Gasteiger partial charge in [-0.2, -0.15) is 0 Å². The molecule has 68 valence electrons. The lowest BCUT2D eigenvalue weighted by molar-refractivity contribution is -0.149. The first kappa shape index (κ1) is 8.75. The van der Waals surface area contributed by atoms with E-state index in [1.54, 1.807) is 0 Å². The predicted molar refractivity (Wildman–Crippen MR) is 52.6 cm³/mol. The molecule has 0 fully saturated rings. The third-order valence-corrected chi connectivity index (χ3v) is 3.07. The van der Waals surface area contributed by atoms with Gasteiger partial charge in [0, 0.05) is 0 Å². The number of cyclic esters (lactones) is 1. The van der Waals surface area contributed by atoms with Crippen molar-refractivity contribution in [2.24, 2.45) is 0 Å². The van der Waals surface area contributed by atoms with E-state index in [1.165, 1.54) is 0 Å². The van der Waals surface area contributed by atoms with Crippen molar-refractivity contribution in [3.63, 3.8) is 0 Å². The topological polar surface area (TPSA) is 26.3 Å². The zero-order valence-electron chi connectivity index (χ0n) is 7.16. The third-order valence-electron chi connectivity index (χ3n) is 2.21. The van der Waals surface area contributed by atoms with Crippen LogP contribution in [0, 0.1) is 0 Å². The minimum Gasteiger partial charge on any atom is -0.457 e. The van der Waals surface area contributed by atoms with Gasteiger partial charge in [0.1, 0.15) is 10.9 Å². The number of esters is 1. The molecule has 2 atom stereocenters. The SMILES string of the molecule is CC1OC(=O)C(Br)c2ccccc21. The summed E-state index contributed by atoms with van der Waals surface area (Å²) in [5.41, 5.74) is 2.11. The van der Waals surface area contributed by atoms with Crippen molar-refractivity contribution in [3.8, 4) is 0 Å². The Kier molecular flexibility index (Phi) is 2.12. The Bertz CT molecular complexity index is 349. The molecule has 0 saturated carbocycles. The molecular weight excluding hydrogens is 232 g/mol. The van der Waals surface area contributed by atoms with Crippen LogP contribution in [0.1, 0.15) is 29.0 Å². The molecule has 1 heterocycles. The van der Waals surface area contributed by atoms with Crippen LogP contribution >= 0.6 is 15.9 Å². The van der Waals surface area contributed by atoms with Gasteiger partial charge in [0.15, 0.2) is 0 Å². The highest BCUT2D eigenvalue weighted by Gasteiger charge is 2.30. The highest BCUT2D eigenvalue weighted by molar-refractivity contribution is 9.09. The van der Waals surface area contributed by atoms with Gasteiger partial charge in [-0.05, 0) is 18.1 Å². The Balaban J connectivity index is 2.53. The van der Waals surface area contributed by atoms with Crippen LogP contribution in [0.4, 0.5) is 0 Å². The second-order valence-corrected chi connectivity index (χ2v) is 3.99. The summed E-state index contributed by atoms with van der Waals surface area (Å²) in [5.74, 6) is -0.203. The van der Waals surface area contributed by atoms with E-state index in [9.17, 15) is 4.79 Å². The van der Waals surface area contributed by atoms with Crippen molar-refractivity contribution in [2.45, 2.75) is 17.9 Å². The maximum Gasteiger partial charge on any atom is 0.324 e. The molecule has 3 heteroatoms. The Morgan fingerprint density at radius 2 is 1.92 bits per heavy atom. The molecule has 1 aliphatic rings. The fourth-order valence-corrected chi connectivity index (χ4v) is 2.06. The first-order chi connectivity index (χ1) is 6.20. The van der Waals surface area contributed by atoms with Crippen molar-refractivity contribution in [2.75, 3.05) is 0 Å². The molecule has 0 spiro atoms. The molecule has 0 aromatic heterocycles. The van der Waals surface area contributed by atoms with Crippen molar-refractivity contribution >= 4 is 21.9 Å². The number of rotatable bonds is 0. The summed E-state index contributed by atoms with van der Waals surface area (Å²) in [6.07, 6.45) is -0.127. The van der Waals surface area contributed by atoms with Gasteiger partial charge in [0.25, 0.3) is 0 Å². The van der Waals surface area contributed by atoms with Gasteiger partial charge in [0.2, 0.25) is 0 Å². The zero-order valence-corrected chi connectivity index (χ0v) is 8.74. The van der Waals surface area contributed by atoms with E-state index in [0.717, 1.165) is 11.1 Å². The largest absolute Gasteiger partial charge is 0.457 e. The number of carbonyl (C=O) groups is 1. The maximum atomic E-state index is 11.3. The number of benzene rings is 1. The molecule has 0 aliphatic carbocycles. The molecule has 0 amide bonds. The number of hydrogen-bond acceptors (Lipinski definition) is 2. The lowest BCUT2D eigenvalue weighted by Gasteiger charge is -2.25. The summed E-state index contributed by atoms with van der Waals surface area (Å²) >= 11 is 3.31. The summed E-state index contributed by atoms with van der Waals surface area (Å²) in [6.45, 7) is 1.88. The van der Waals surface area contributed by atoms with E-state index in [4.69, 9.17) is 4.74 Å². The minimum absolute atomic E-state index is 0.127. The first-order valence-corrected chi connectivity index (χ1v) is 5.05. The van der Waals surface area contributed by atoms with Gasteiger partial charge in [-0.1, -0.05) is 40.2 Å². The van der Waals surface area contributed by atoms with Gasteiger partial charge in [0.05, 0.1) is 0 Å². The van der Waals surface area contributed by atoms with Crippen LogP contribution in [0.25, 0.3) is 0 Å². The van der Waals surface area contributed by atoms with Crippen LogP contribution in [0.5, 0.6) is 0 Å². The highest BCUT2D eigenvalue weighted by atomic mass is 79.9. The quantitative estimate of drug-likeness (QED) is 0.515. The van der Waals surface area contributed by atoms with Crippen LogP contribution in [-0.4, -0.2) is 5.97 Å². The fourth-order valence-electron chi connectivity index (χ4n) is 1.54. The first-order valence-electron chi connectivity index (χ1n) is 4.13. The molecule has 1 aliphatic heterocycles. The molecular formula is C10H9BrO2. The average Bonchev–Trinajstić information content (AvgIpc) is 2.15. The Morgan fingerprint density at radius 3 is 2.62 bits per heavy atom. The molecule has 1 aromatic rings. The van der Waals surface area contributed by atoms with Crippen molar-refractivity contribution in [3.05, 3.63) is 35.4 Å². The number of alkyl halides is 1. The molecule has 0 N–H and O–H groups in total. The Morgan fingerprint density at radius 1 is 1.31 bits per heavy atom. The maximum absolute atomic E-state index is 11.3. The van der Waals surface area contributed by atoms with E-state index in [-0.39, 0.29) is 16.9 Å². The van der Waals surface area contributed by atoms with Gasteiger partial charge < -0.3 is 4.74 Å². The van der Waals surface area contributed by atoms with E-state index in [2.05, 4.69) is 15.9 Å². The number of ether oxygens (including phenoxy) is 1. The molecule has 2 nitrogen and oxygen atoms in total. The van der Waals surface area contributed by atoms with Gasteiger partial charge in [-0.15, -0.1) is 0 Å². The van der Waals surface area contributed by atoms with Crippen molar-refractivity contribution < 1.29 is 9.53 Å². The van der Waals surface area contributed by atoms with Crippen LogP contribution < -0.4 is 0 Å². The normalized spacial score (nSPS) is 26.5. The second kappa shape index (κ2) is 3.14. The lowest BCUT2D eigenvalue weighted by atomic mass is 9.98. The second-order valence-electron chi connectivity index (χ2n) is 3.07. The molecule has 0 saturated heterocycles. The van der Waals surface area contributed by atoms with E-state index >= 15 is 0 Å². The number of halogens is 1. The van der Waals surface area contributed by atoms with Crippen LogP contribution in [0.2, 0.25) is 0 Å². The van der Waals surface area contributed by atoms with Crippen LogP contribution in [-0.2, 0) is 9.53 Å². The monoisotopic (exact) mass is 240 g/mol. The average molecular weight is 241 g/mol. The molecule has 2 rings (SSSR count). The van der Waals surface area contributed by atoms with E-state index < -0.39 is 0 Å². The van der Waals surface area contributed by atoms with Crippen molar-refractivity contribution in [1.82, 2.24) is 0 Å². The fraction of sp³-hybridized carbons (Fsp3) is 0.300. The summed E-state index contributed by atoms with van der Waals surface area (Å²) in [6, 6.07) is 7.82. The zero-order chi connectivity index (χ0) is 9.42. The third kappa shape index (κ3) is 1.37. The molecule has 0 radical (unpaired) electrons. The molecule has 0 bridgehead atoms. The predicted octanol–water partition coefficient (Wildman–Crippen LogP) is 2.74. The number of fused-ring (bicyclic) bond motifs is 1. The summed E-state index contributed by atoms with van der Waals surface area (Å²) < 4.78 is 5.14. The molecule has 13 heavy (non-hydrogen) atoms. The summed E-state index contributed by atoms with van der Waals surface area (Å²) in [5, 5.41) is 0. The van der Waals surface area contributed by atoms with E-state index in [1.807, 2.05) is 31.2 Å². The smallest absolute Gasteiger partial charge is 0.324 e. The summed E-state index contributed by atoms with van der Waals surface area (Å²) in [7, 11) is 0. The van der Waals surface area contributed by atoms with Gasteiger partial charge >= 0.3 is 5.97 Å².